The van der Waals surface area contributed by atoms with E-state index >= 15 is 0 Å². The zero-order chi connectivity index (χ0) is 18.4. The van der Waals surface area contributed by atoms with Gasteiger partial charge in [0.15, 0.2) is 0 Å². The number of nitrogens with one attached hydrogen (secondary N) is 1. The lowest BCUT2D eigenvalue weighted by Gasteiger charge is -2.27. The first-order chi connectivity index (χ1) is 11.9. The first-order valence-corrected chi connectivity index (χ1v) is 9.29. The van der Waals surface area contributed by atoms with Gasteiger partial charge in [-0.2, -0.15) is 0 Å². The van der Waals surface area contributed by atoms with E-state index < -0.39 is 15.9 Å². The summed E-state index contributed by atoms with van der Waals surface area (Å²) >= 11 is 0. The van der Waals surface area contributed by atoms with Gasteiger partial charge in [-0.05, 0) is 31.0 Å². The minimum atomic E-state index is -3.89. The number of rotatable bonds is 3. The quantitative estimate of drug-likeness (QED) is 0.839. The van der Waals surface area contributed by atoms with Crippen LogP contribution in [0.3, 0.4) is 0 Å². The number of aromatic amines is 1. The van der Waals surface area contributed by atoms with E-state index in [0.29, 0.717) is 28.8 Å². The van der Waals surface area contributed by atoms with E-state index in [1.54, 1.807) is 19.2 Å². The van der Waals surface area contributed by atoms with Crippen LogP contribution >= 0.6 is 0 Å². The molecule has 7 nitrogen and oxygen atoms in total. The molecule has 1 N–H and O–H groups in total. The first kappa shape index (κ1) is 17.4. The zero-order valence-electron chi connectivity index (χ0n) is 14.1. The monoisotopic (exact) mass is 362 g/mol. The van der Waals surface area contributed by atoms with Gasteiger partial charge >= 0.3 is 0 Å². The molecule has 0 radical (unpaired) electrons. The molecule has 0 amide bonds. The molecule has 25 heavy (non-hydrogen) atoms. The lowest BCUT2D eigenvalue weighted by atomic mass is 9.93. The van der Waals surface area contributed by atoms with E-state index in [4.69, 9.17) is 4.74 Å². The summed E-state index contributed by atoms with van der Waals surface area (Å²) in [7, 11) is -2.43. The van der Waals surface area contributed by atoms with Crippen molar-refractivity contribution in [3.63, 3.8) is 0 Å². The van der Waals surface area contributed by atoms with Crippen molar-refractivity contribution < 1.29 is 17.9 Å². The highest BCUT2D eigenvalue weighted by Gasteiger charge is 2.37. The lowest BCUT2D eigenvalue weighted by Crippen LogP contribution is -2.22. The molecule has 1 atom stereocenters. The molecule has 3 rings (SSSR count). The van der Waals surface area contributed by atoms with Crippen molar-refractivity contribution in [3.05, 3.63) is 44.7 Å². The van der Waals surface area contributed by atoms with Crippen LogP contribution < -0.4 is 5.56 Å². The number of aromatic nitrogens is 2. The van der Waals surface area contributed by atoms with Crippen LogP contribution in [-0.4, -0.2) is 31.2 Å². The zero-order valence-corrected chi connectivity index (χ0v) is 14.9. The molecule has 0 saturated carbocycles. The van der Waals surface area contributed by atoms with E-state index in [1.807, 2.05) is 6.92 Å². The van der Waals surface area contributed by atoms with Crippen LogP contribution in [0.5, 0.6) is 0 Å². The number of H-pyrrole nitrogens is 1. The van der Waals surface area contributed by atoms with Gasteiger partial charge in [-0.3, -0.25) is 9.48 Å². The van der Waals surface area contributed by atoms with Crippen molar-refractivity contribution in [2.75, 3.05) is 7.11 Å². The summed E-state index contributed by atoms with van der Waals surface area (Å²) in [6, 6.07) is 3.02. The van der Waals surface area contributed by atoms with E-state index in [1.165, 1.54) is 23.8 Å². The Morgan fingerprint density at radius 2 is 2.08 bits per heavy atom. The topological polar surface area (TPSA) is 98.2 Å². The third-order valence-electron chi connectivity index (χ3n) is 4.63. The highest BCUT2D eigenvalue weighted by atomic mass is 32.2. The second kappa shape index (κ2) is 6.15. The number of sulfone groups is 1. The maximum atomic E-state index is 12.6. The predicted octanol–water partition coefficient (Wildman–Crippen LogP) is 1.75. The minimum Gasteiger partial charge on any atom is -0.376 e. The molecule has 1 unspecified atom stereocenters. The summed E-state index contributed by atoms with van der Waals surface area (Å²) < 4.78 is 32.1. The summed E-state index contributed by atoms with van der Waals surface area (Å²) in [6.07, 6.45) is 0.963. The third-order valence-corrected chi connectivity index (χ3v) is 6.46. The van der Waals surface area contributed by atoms with Crippen molar-refractivity contribution in [1.29, 1.82) is 0 Å². The molecule has 0 fully saturated rings. The average molecular weight is 362 g/mol. The second-order valence-electron chi connectivity index (χ2n) is 5.84. The number of hydrogen-bond acceptors (Lipinski definition) is 5. The number of fused-ring (bicyclic) bond motifs is 1. The van der Waals surface area contributed by atoms with Crippen LogP contribution in [0.1, 0.15) is 30.6 Å². The van der Waals surface area contributed by atoms with Gasteiger partial charge in [0.1, 0.15) is 10.8 Å². The Bertz CT molecular complexity index is 1060. The van der Waals surface area contributed by atoms with Crippen molar-refractivity contribution in [2.24, 2.45) is 0 Å². The number of aryl methyl sites for hydroxylation is 1. The maximum absolute atomic E-state index is 12.6. The molecule has 132 valence electrons. The predicted molar refractivity (Wildman–Crippen MR) is 91.7 cm³/mol. The Balaban J connectivity index is 2.31. The molecule has 0 saturated heterocycles. The van der Waals surface area contributed by atoms with Crippen LogP contribution in [0, 0.1) is 6.92 Å². The van der Waals surface area contributed by atoms with Gasteiger partial charge in [0.25, 0.3) is 5.56 Å². The van der Waals surface area contributed by atoms with Crippen LogP contribution in [0.4, 0.5) is 0 Å². The van der Waals surface area contributed by atoms with Crippen LogP contribution in [-0.2, 0) is 25.9 Å². The summed E-state index contributed by atoms with van der Waals surface area (Å²) in [5.74, 6) is 1.53. The number of carbonyl (C=O) groups excluding carboxylic acids is 1. The van der Waals surface area contributed by atoms with Gasteiger partial charge < -0.3 is 9.84 Å². The summed E-state index contributed by atoms with van der Waals surface area (Å²) in [4.78, 5) is 23.2. The summed E-state index contributed by atoms with van der Waals surface area (Å²) in [5.41, 5.74) is 2.07. The van der Waals surface area contributed by atoms with Crippen LogP contribution in [0.2, 0.25) is 0 Å². The van der Waals surface area contributed by atoms with Crippen LogP contribution in [0.15, 0.2) is 32.9 Å². The smallest absolute Gasteiger partial charge is 0.274 e. The number of ether oxygens (including phenoxy) is 1. The molecule has 1 aliphatic heterocycles. The number of methoxy groups -OCH3 is 1. The van der Waals surface area contributed by atoms with Crippen molar-refractivity contribution in [3.8, 4) is 11.1 Å². The second-order valence-corrected chi connectivity index (χ2v) is 7.78. The number of nitrogens with zero attached hydrogens (tertiary/aromatic N) is 1. The molecule has 8 heteroatoms. The highest BCUT2D eigenvalue weighted by Crippen LogP contribution is 2.43. The van der Waals surface area contributed by atoms with Gasteiger partial charge in [0.05, 0.1) is 16.6 Å². The van der Waals surface area contributed by atoms with Crippen LogP contribution in [0.25, 0.3) is 11.1 Å². The van der Waals surface area contributed by atoms with Crippen molar-refractivity contribution in [2.45, 2.75) is 37.8 Å². The van der Waals surface area contributed by atoms with Crippen molar-refractivity contribution in [1.82, 2.24) is 9.78 Å². The fraction of sp³-hybridized carbons (Fsp3) is 0.353. The molecule has 1 aromatic heterocycles. The van der Waals surface area contributed by atoms with Gasteiger partial charge in [0, 0.05) is 31.8 Å². The van der Waals surface area contributed by atoms with Gasteiger partial charge in [-0.15, -0.1) is 0 Å². The fourth-order valence-corrected chi connectivity index (χ4v) is 4.84. The first-order valence-electron chi connectivity index (χ1n) is 7.80. The Morgan fingerprint density at radius 3 is 2.64 bits per heavy atom. The van der Waals surface area contributed by atoms with Gasteiger partial charge in [0.2, 0.25) is 9.84 Å². The molecule has 1 aromatic carbocycles. The van der Waals surface area contributed by atoms with E-state index in [0.717, 1.165) is 0 Å². The SMILES string of the molecule is CCn1[nH]cc(-c2ccc3c(c2C)C(OC)CC(=C=O)S3(=O)=O)c1=O. The normalized spacial score (nSPS) is 18.7. The molecular weight excluding hydrogens is 344 g/mol. The number of benzene rings is 1. The Labute approximate surface area is 144 Å². The molecule has 1 aliphatic rings. The number of hydrogen-bond donors (Lipinski definition) is 1. The van der Waals surface area contributed by atoms with E-state index in [9.17, 15) is 18.0 Å². The third kappa shape index (κ3) is 2.50. The Kier molecular flexibility index (Phi) is 4.28. The molecule has 0 bridgehead atoms. The summed E-state index contributed by atoms with van der Waals surface area (Å²) in [5, 5.41) is 2.89. The van der Waals surface area contributed by atoms with Gasteiger partial charge in [-0.1, -0.05) is 6.07 Å². The molecule has 2 heterocycles. The Morgan fingerprint density at radius 1 is 1.36 bits per heavy atom. The summed E-state index contributed by atoms with van der Waals surface area (Å²) in [6.45, 7) is 4.11. The van der Waals surface area contributed by atoms with Gasteiger partial charge in [-0.25, -0.2) is 13.2 Å². The van der Waals surface area contributed by atoms with E-state index in [-0.39, 0.29) is 21.8 Å². The standard InChI is InChI=1S/C17H18N2O5S/c1-4-19-17(21)13(8-18-19)12-5-6-15-16(10(12)2)14(24-3)7-11(9-20)25(15,22)23/h5-6,8,14,18H,4,7H2,1-3H3. The molecule has 0 spiro atoms. The molecule has 0 aliphatic carbocycles. The molecular formula is C17H18N2O5S. The minimum absolute atomic E-state index is 0.0385. The highest BCUT2D eigenvalue weighted by molar-refractivity contribution is 7.95. The van der Waals surface area contributed by atoms with Crippen molar-refractivity contribution >= 4 is 15.8 Å². The fourth-order valence-electron chi connectivity index (χ4n) is 3.28. The average Bonchev–Trinajstić information content (AvgIpc) is 2.96. The van der Waals surface area contributed by atoms with E-state index in [2.05, 4.69) is 5.10 Å². The lowest BCUT2D eigenvalue weighted by molar-refractivity contribution is 0.101. The maximum Gasteiger partial charge on any atom is 0.274 e. The largest absolute Gasteiger partial charge is 0.376 e. The Hall–Kier alpha value is -2.41. The molecule has 2 aromatic rings.